The van der Waals surface area contributed by atoms with E-state index < -0.39 is 12.3 Å². The lowest BCUT2D eigenvalue weighted by molar-refractivity contribution is 0.0342. The highest BCUT2D eigenvalue weighted by Gasteiger charge is 2.17. The molecule has 11 heteroatoms. The van der Waals surface area contributed by atoms with Crippen LogP contribution in [-0.4, -0.2) is 61.4 Å². The van der Waals surface area contributed by atoms with Crippen molar-refractivity contribution in [1.29, 1.82) is 0 Å². The van der Waals surface area contributed by atoms with Gasteiger partial charge in [0.25, 0.3) is 5.89 Å². The Hall–Kier alpha value is -3.57. The molecule has 3 aromatic heterocycles. The summed E-state index contributed by atoms with van der Waals surface area (Å²) in [5.41, 5.74) is 4.19. The van der Waals surface area contributed by atoms with Gasteiger partial charge in [0.2, 0.25) is 5.89 Å². The van der Waals surface area contributed by atoms with Gasteiger partial charge < -0.3 is 9.15 Å². The molecule has 4 heterocycles. The second kappa shape index (κ2) is 9.51. The first-order valence-electron chi connectivity index (χ1n) is 10.5. The Morgan fingerprint density at radius 1 is 0.970 bits per heavy atom. The van der Waals surface area contributed by atoms with Gasteiger partial charge >= 0.3 is 6.43 Å². The highest BCUT2D eigenvalue weighted by atomic mass is 19.3. The van der Waals surface area contributed by atoms with Gasteiger partial charge in [0, 0.05) is 31.4 Å². The Labute approximate surface area is 188 Å². The molecule has 1 aliphatic rings. The first-order valence-corrected chi connectivity index (χ1v) is 10.5. The van der Waals surface area contributed by atoms with Gasteiger partial charge in [0.1, 0.15) is 5.69 Å². The van der Waals surface area contributed by atoms with E-state index in [1.54, 1.807) is 16.8 Å². The van der Waals surface area contributed by atoms with E-state index in [1.807, 2.05) is 18.3 Å². The average Bonchev–Trinajstić information content (AvgIpc) is 3.51. The molecule has 0 spiro atoms. The van der Waals surface area contributed by atoms with Crippen LogP contribution in [0.4, 0.5) is 8.78 Å². The number of morpholine rings is 1. The Morgan fingerprint density at radius 3 is 2.61 bits per heavy atom. The molecule has 0 N–H and O–H groups in total. The summed E-state index contributed by atoms with van der Waals surface area (Å²) in [6.07, 6.45) is 0.571. The highest BCUT2D eigenvalue weighted by Crippen LogP contribution is 2.23. The third kappa shape index (κ3) is 5.10. The topological polar surface area (TPSA) is 95.0 Å². The molecule has 1 saturated heterocycles. The second-order valence-corrected chi connectivity index (χ2v) is 7.67. The summed E-state index contributed by atoms with van der Waals surface area (Å²) < 4.78 is 37.3. The van der Waals surface area contributed by atoms with Crippen molar-refractivity contribution in [2.24, 2.45) is 0 Å². The summed E-state index contributed by atoms with van der Waals surface area (Å²) in [5, 5.41) is 15.5. The number of alkyl halides is 2. The van der Waals surface area contributed by atoms with Crippen molar-refractivity contribution >= 4 is 0 Å². The number of hydrogen-bond acceptors (Lipinski definition) is 8. The molecule has 0 amide bonds. The molecule has 0 atom stereocenters. The molecule has 0 saturated carbocycles. The second-order valence-electron chi connectivity index (χ2n) is 7.67. The fraction of sp³-hybridized carbons (Fsp3) is 0.318. The van der Waals surface area contributed by atoms with Gasteiger partial charge in [-0.2, -0.15) is 8.78 Å². The van der Waals surface area contributed by atoms with Crippen LogP contribution in [0.25, 0.3) is 22.7 Å². The highest BCUT2D eigenvalue weighted by molar-refractivity contribution is 5.58. The van der Waals surface area contributed by atoms with Crippen LogP contribution in [0.3, 0.4) is 0 Å². The lowest BCUT2D eigenvalue weighted by atomic mass is 10.1. The van der Waals surface area contributed by atoms with Crippen LogP contribution in [0.15, 0.2) is 53.2 Å². The van der Waals surface area contributed by atoms with E-state index in [4.69, 9.17) is 9.15 Å². The quantitative estimate of drug-likeness (QED) is 0.421. The predicted octanol–water partition coefficient (Wildman–Crippen LogP) is 3.21. The van der Waals surface area contributed by atoms with Crippen molar-refractivity contribution in [2.45, 2.75) is 19.5 Å². The predicted molar refractivity (Wildman–Crippen MR) is 113 cm³/mol. The number of pyridine rings is 1. The molecule has 170 valence electrons. The zero-order chi connectivity index (χ0) is 22.6. The van der Waals surface area contributed by atoms with Crippen LogP contribution in [-0.2, 0) is 17.8 Å². The van der Waals surface area contributed by atoms with Crippen LogP contribution in [0.1, 0.15) is 23.6 Å². The van der Waals surface area contributed by atoms with Crippen LogP contribution < -0.4 is 0 Å². The molecule has 9 nitrogen and oxygen atoms in total. The van der Waals surface area contributed by atoms with Crippen LogP contribution >= 0.6 is 0 Å². The third-order valence-corrected chi connectivity index (χ3v) is 5.29. The fourth-order valence-corrected chi connectivity index (χ4v) is 3.60. The summed E-state index contributed by atoms with van der Waals surface area (Å²) in [6.45, 7) is 4.70. The molecular weight excluding hydrogens is 432 g/mol. The van der Waals surface area contributed by atoms with E-state index in [9.17, 15) is 8.78 Å². The molecule has 1 fully saturated rings. The smallest absolute Gasteiger partial charge is 0.314 e. The van der Waals surface area contributed by atoms with Gasteiger partial charge in [-0.25, -0.2) is 4.68 Å². The van der Waals surface area contributed by atoms with Crippen molar-refractivity contribution in [2.75, 3.05) is 26.3 Å². The van der Waals surface area contributed by atoms with Gasteiger partial charge in [-0.1, -0.05) is 23.4 Å². The number of nitrogens with zero attached hydrogens (tertiary/aromatic N) is 7. The van der Waals surface area contributed by atoms with Crippen molar-refractivity contribution in [1.82, 2.24) is 35.1 Å². The van der Waals surface area contributed by atoms with Crippen molar-refractivity contribution in [3.05, 3.63) is 65.9 Å². The molecule has 33 heavy (non-hydrogen) atoms. The minimum absolute atomic E-state index is 0.00403. The van der Waals surface area contributed by atoms with Gasteiger partial charge in [0.05, 0.1) is 37.2 Å². The van der Waals surface area contributed by atoms with Gasteiger partial charge in [0.15, 0.2) is 0 Å². The molecule has 1 aromatic carbocycles. The Kier molecular flexibility index (Phi) is 6.13. The number of hydrogen-bond donors (Lipinski definition) is 0. The van der Waals surface area contributed by atoms with E-state index in [1.165, 1.54) is 11.8 Å². The monoisotopic (exact) mass is 453 g/mol. The normalized spacial score (nSPS) is 14.8. The molecule has 0 radical (unpaired) electrons. The van der Waals surface area contributed by atoms with E-state index in [2.05, 4.69) is 42.5 Å². The zero-order valence-electron chi connectivity index (χ0n) is 17.6. The van der Waals surface area contributed by atoms with E-state index >= 15 is 0 Å². The SMILES string of the molecule is FC(F)c1nnc(-c2ccc(Cn3cc(-c4cccc(CN5CCOCC5)c4)nn3)nc2)o1. The maximum absolute atomic E-state index is 12.6. The first-order chi connectivity index (χ1) is 16.1. The molecule has 0 unspecified atom stereocenters. The maximum Gasteiger partial charge on any atom is 0.314 e. The lowest BCUT2D eigenvalue weighted by Gasteiger charge is -2.26. The van der Waals surface area contributed by atoms with Crippen LogP contribution in [0.2, 0.25) is 0 Å². The van der Waals surface area contributed by atoms with E-state index in [-0.39, 0.29) is 5.89 Å². The van der Waals surface area contributed by atoms with Crippen LogP contribution in [0.5, 0.6) is 0 Å². The van der Waals surface area contributed by atoms with E-state index in [0.29, 0.717) is 12.1 Å². The minimum atomic E-state index is -2.81. The largest absolute Gasteiger partial charge is 0.415 e. The molecule has 0 aliphatic carbocycles. The molecule has 0 bridgehead atoms. The van der Waals surface area contributed by atoms with Crippen LogP contribution in [0, 0.1) is 0 Å². The first kappa shape index (κ1) is 21.3. The van der Waals surface area contributed by atoms with E-state index in [0.717, 1.165) is 49.8 Å². The molecule has 4 aromatic rings. The van der Waals surface area contributed by atoms with Crippen molar-refractivity contribution in [3.63, 3.8) is 0 Å². The van der Waals surface area contributed by atoms with Gasteiger partial charge in [-0.05, 0) is 23.8 Å². The molecular formula is C22H21F2N7O2. The maximum atomic E-state index is 12.6. The molecule has 1 aliphatic heterocycles. The Morgan fingerprint density at radius 2 is 1.85 bits per heavy atom. The summed E-state index contributed by atoms with van der Waals surface area (Å²) >= 11 is 0. The summed E-state index contributed by atoms with van der Waals surface area (Å²) in [7, 11) is 0. The molecule has 5 rings (SSSR count). The van der Waals surface area contributed by atoms with Crippen molar-refractivity contribution in [3.8, 4) is 22.7 Å². The Balaban J connectivity index is 1.25. The van der Waals surface area contributed by atoms with Gasteiger partial charge in [-0.3, -0.25) is 9.88 Å². The standard InChI is InChI=1S/C22H21F2N7O2/c23-20(24)22-28-27-21(33-22)17-4-5-18(25-11-17)13-31-14-19(26-29-31)16-3-1-2-15(10-16)12-30-6-8-32-9-7-30/h1-5,10-11,14,20H,6-9,12-13H2. The summed E-state index contributed by atoms with van der Waals surface area (Å²) in [4.78, 5) is 6.72. The number of benzene rings is 1. The minimum Gasteiger partial charge on any atom is -0.415 e. The zero-order valence-corrected chi connectivity index (χ0v) is 17.6. The average molecular weight is 453 g/mol. The third-order valence-electron chi connectivity index (χ3n) is 5.29. The number of ether oxygens (including phenoxy) is 1. The van der Waals surface area contributed by atoms with Gasteiger partial charge in [-0.15, -0.1) is 15.3 Å². The lowest BCUT2D eigenvalue weighted by Crippen LogP contribution is -2.35. The van der Waals surface area contributed by atoms with Crippen molar-refractivity contribution < 1.29 is 17.9 Å². The number of halogens is 2. The summed E-state index contributed by atoms with van der Waals surface area (Å²) in [5.74, 6) is -0.706. The Bertz CT molecular complexity index is 1200. The fourth-order valence-electron chi connectivity index (χ4n) is 3.60. The summed E-state index contributed by atoms with van der Waals surface area (Å²) in [6, 6.07) is 11.7. The number of rotatable bonds is 7. The number of aromatic nitrogens is 6.